The van der Waals surface area contributed by atoms with E-state index in [-0.39, 0.29) is 5.91 Å². The van der Waals surface area contributed by atoms with Crippen LogP contribution >= 0.6 is 11.8 Å². The molecule has 1 heterocycles. The fraction of sp³-hybridized carbons (Fsp3) is 0.333. The van der Waals surface area contributed by atoms with Crippen molar-refractivity contribution in [3.05, 3.63) is 35.4 Å². The van der Waals surface area contributed by atoms with Crippen LogP contribution in [0, 0.1) is 11.8 Å². The molecule has 1 aromatic rings. The lowest BCUT2D eigenvalue weighted by Crippen LogP contribution is -2.25. The van der Waals surface area contributed by atoms with E-state index in [0.29, 0.717) is 11.1 Å². The van der Waals surface area contributed by atoms with Crippen LogP contribution in [0.15, 0.2) is 29.3 Å². The summed E-state index contributed by atoms with van der Waals surface area (Å²) in [6.45, 7) is 5.06. The van der Waals surface area contributed by atoms with Crippen LogP contribution < -0.4 is 5.32 Å². The Morgan fingerprint density at radius 1 is 1.37 bits per heavy atom. The predicted molar refractivity (Wildman–Crippen MR) is 80.3 cm³/mol. The summed E-state index contributed by atoms with van der Waals surface area (Å²) in [4.78, 5) is 15.7. The molecule has 1 amide bonds. The van der Waals surface area contributed by atoms with Crippen LogP contribution in [0.3, 0.4) is 0 Å². The number of carbonyl (C=O) groups is 1. The Hall–Kier alpha value is -1.73. The SMILES string of the molecule is CC(C)c1ccc(C#CC(=O)NC2=NCCS2)cc1. The second-order valence-electron chi connectivity index (χ2n) is 4.52. The molecule has 2 rings (SSSR count). The van der Waals surface area contributed by atoms with E-state index < -0.39 is 0 Å². The summed E-state index contributed by atoms with van der Waals surface area (Å²) in [5.74, 6) is 6.57. The molecule has 1 aromatic carbocycles. The Morgan fingerprint density at radius 3 is 2.68 bits per heavy atom. The summed E-state index contributed by atoms with van der Waals surface area (Å²) in [6.07, 6.45) is 0. The van der Waals surface area contributed by atoms with Gasteiger partial charge in [0.1, 0.15) is 0 Å². The molecule has 98 valence electrons. The van der Waals surface area contributed by atoms with Crippen LogP contribution in [0.1, 0.15) is 30.9 Å². The number of carbonyl (C=O) groups excluding carboxylic acids is 1. The van der Waals surface area contributed by atoms with Gasteiger partial charge in [-0.25, -0.2) is 0 Å². The number of hydrogen-bond acceptors (Lipinski definition) is 3. The van der Waals surface area contributed by atoms with E-state index in [1.807, 2.05) is 24.3 Å². The molecular weight excluding hydrogens is 256 g/mol. The third kappa shape index (κ3) is 4.15. The largest absolute Gasteiger partial charge is 0.302 e. The molecule has 0 atom stereocenters. The zero-order valence-electron chi connectivity index (χ0n) is 11.1. The maximum absolute atomic E-state index is 11.6. The van der Waals surface area contributed by atoms with Crippen molar-refractivity contribution in [2.75, 3.05) is 12.3 Å². The summed E-state index contributed by atoms with van der Waals surface area (Å²) in [7, 11) is 0. The zero-order valence-corrected chi connectivity index (χ0v) is 11.9. The van der Waals surface area contributed by atoms with Crippen LogP contribution in [-0.2, 0) is 4.79 Å². The van der Waals surface area contributed by atoms with Gasteiger partial charge in [-0.2, -0.15) is 0 Å². The number of benzene rings is 1. The van der Waals surface area contributed by atoms with E-state index in [1.54, 1.807) is 11.8 Å². The van der Waals surface area contributed by atoms with Crippen molar-refractivity contribution in [3.8, 4) is 11.8 Å². The first-order valence-corrected chi connectivity index (χ1v) is 7.24. The maximum atomic E-state index is 11.6. The average molecular weight is 272 g/mol. The molecule has 0 saturated carbocycles. The third-order valence-electron chi connectivity index (χ3n) is 2.70. The van der Waals surface area contributed by atoms with Gasteiger partial charge in [0.25, 0.3) is 0 Å². The molecule has 0 saturated heterocycles. The van der Waals surface area contributed by atoms with Crippen LogP contribution in [-0.4, -0.2) is 23.4 Å². The lowest BCUT2D eigenvalue weighted by Gasteiger charge is -2.03. The Bertz CT molecular complexity index is 550. The first kappa shape index (κ1) is 13.7. The number of amides is 1. The normalized spacial score (nSPS) is 13.7. The van der Waals surface area contributed by atoms with Gasteiger partial charge in [0.05, 0.1) is 6.54 Å². The minimum atomic E-state index is -0.305. The monoisotopic (exact) mass is 272 g/mol. The Labute approximate surface area is 117 Å². The second kappa shape index (κ2) is 6.44. The first-order chi connectivity index (χ1) is 9.15. The van der Waals surface area contributed by atoms with Gasteiger partial charge in [-0.05, 0) is 23.6 Å². The minimum Gasteiger partial charge on any atom is -0.294 e. The van der Waals surface area contributed by atoms with Gasteiger partial charge in [0, 0.05) is 17.2 Å². The molecule has 3 nitrogen and oxygen atoms in total. The Kier molecular flexibility index (Phi) is 4.64. The highest BCUT2D eigenvalue weighted by Crippen LogP contribution is 2.14. The zero-order chi connectivity index (χ0) is 13.7. The van der Waals surface area contributed by atoms with Crippen LogP contribution in [0.5, 0.6) is 0 Å². The summed E-state index contributed by atoms with van der Waals surface area (Å²) in [5, 5.41) is 3.35. The number of nitrogens with zero attached hydrogens (tertiary/aromatic N) is 1. The average Bonchev–Trinajstić information content (AvgIpc) is 2.89. The van der Waals surface area contributed by atoms with E-state index in [1.165, 1.54) is 5.56 Å². The third-order valence-corrected chi connectivity index (χ3v) is 3.59. The van der Waals surface area contributed by atoms with Crippen molar-refractivity contribution in [1.82, 2.24) is 5.32 Å². The summed E-state index contributed by atoms with van der Waals surface area (Å²) in [5.41, 5.74) is 2.12. The number of rotatable bonds is 1. The number of thioether (sulfide) groups is 1. The van der Waals surface area contributed by atoms with Gasteiger partial charge < -0.3 is 0 Å². The fourth-order valence-corrected chi connectivity index (χ4v) is 2.34. The maximum Gasteiger partial charge on any atom is 0.302 e. The van der Waals surface area contributed by atoms with Crippen molar-refractivity contribution in [2.24, 2.45) is 4.99 Å². The van der Waals surface area contributed by atoms with Crippen LogP contribution in [0.25, 0.3) is 0 Å². The molecule has 19 heavy (non-hydrogen) atoms. The van der Waals surface area contributed by atoms with Gasteiger partial charge in [-0.3, -0.25) is 15.1 Å². The molecule has 0 aliphatic carbocycles. The van der Waals surface area contributed by atoms with Crippen molar-refractivity contribution in [3.63, 3.8) is 0 Å². The van der Waals surface area contributed by atoms with Crippen LogP contribution in [0.2, 0.25) is 0 Å². The van der Waals surface area contributed by atoms with E-state index in [0.717, 1.165) is 17.9 Å². The van der Waals surface area contributed by atoms with Crippen molar-refractivity contribution >= 4 is 22.8 Å². The van der Waals surface area contributed by atoms with Crippen molar-refractivity contribution < 1.29 is 4.79 Å². The molecule has 1 aliphatic rings. The fourth-order valence-electron chi connectivity index (χ4n) is 1.62. The molecule has 1 N–H and O–H groups in total. The molecule has 0 bridgehead atoms. The second-order valence-corrected chi connectivity index (χ2v) is 5.60. The van der Waals surface area contributed by atoms with Gasteiger partial charge >= 0.3 is 5.91 Å². The van der Waals surface area contributed by atoms with E-state index >= 15 is 0 Å². The summed E-state index contributed by atoms with van der Waals surface area (Å²) in [6, 6.07) is 7.97. The van der Waals surface area contributed by atoms with Crippen molar-refractivity contribution in [1.29, 1.82) is 0 Å². The van der Waals surface area contributed by atoms with Gasteiger partial charge in [0.15, 0.2) is 5.17 Å². The molecule has 0 spiro atoms. The van der Waals surface area contributed by atoms with Gasteiger partial charge in [-0.15, -0.1) is 0 Å². The van der Waals surface area contributed by atoms with E-state index in [9.17, 15) is 4.79 Å². The highest BCUT2D eigenvalue weighted by molar-refractivity contribution is 8.14. The Balaban J connectivity index is 1.96. The molecule has 1 aliphatic heterocycles. The summed E-state index contributed by atoms with van der Waals surface area (Å²) < 4.78 is 0. The van der Waals surface area contributed by atoms with Crippen molar-refractivity contribution in [2.45, 2.75) is 19.8 Å². The quantitative estimate of drug-likeness (QED) is 0.798. The van der Waals surface area contributed by atoms with Gasteiger partial charge in [0.2, 0.25) is 0 Å². The lowest BCUT2D eigenvalue weighted by atomic mass is 10.0. The number of aliphatic imine (C=N–C) groups is 1. The molecule has 0 radical (unpaired) electrons. The number of hydrogen-bond donors (Lipinski definition) is 1. The molecule has 0 fully saturated rings. The minimum absolute atomic E-state index is 0.305. The van der Waals surface area contributed by atoms with Gasteiger partial charge in [-0.1, -0.05) is 43.7 Å². The van der Waals surface area contributed by atoms with E-state index in [4.69, 9.17) is 0 Å². The van der Waals surface area contributed by atoms with E-state index in [2.05, 4.69) is 36.0 Å². The highest BCUT2D eigenvalue weighted by Gasteiger charge is 2.08. The predicted octanol–water partition coefficient (Wildman–Crippen LogP) is 2.38. The van der Waals surface area contributed by atoms with Crippen LogP contribution in [0.4, 0.5) is 0 Å². The molecule has 4 heteroatoms. The first-order valence-electron chi connectivity index (χ1n) is 6.25. The highest BCUT2D eigenvalue weighted by atomic mass is 32.2. The lowest BCUT2D eigenvalue weighted by molar-refractivity contribution is -0.114. The Morgan fingerprint density at radius 2 is 2.11 bits per heavy atom. The number of nitrogens with one attached hydrogen (secondary N) is 1. The summed E-state index contributed by atoms with van der Waals surface area (Å²) >= 11 is 1.55. The molecular formula is C15H16N2OS. The molecule has 0 aromatic heterocycles. The smallest absolute Gasteiger partial charge is 0.294 e. The topological polar surface area (TPSA) is 41.5 Å². The molecule has 0 unspecified atom stereocenters. The standard InChI is InChI=1S/C15H16N2OS/c1-11(2)13-6-3-12(4-7-13)5-8-14(18)17-15-16-9-10-19-15/h3-4,6-7,11H,9-10H2,1-2H3,(H,16,17,18). The number of amidine groups is 1.